The van der Waals surface area contributed by atoms with E-state index in [2.05, 4.69) is 10.1 Å². The van der Waals surface area contributed by atoms with Gasteiger partial charge in [0.2, 0.25) is 5.91 Å². The van der Waals surface area contributed by atoms with Crippen LogP contribution in [0.15, 0.2) is 17.5 Å². The molecule has 1 aromatic heterocycles. The van der Waals surface area contributed by atoms with E-state index < -0.39 is 6.09 Å². The Morgan fingerprint density at radius 3 is 2.82 bits per heavy atom. The minimum atomic E-state index is -0.524. The lowest BCUT2D eigenvalue weighted by atomic mass is 10.3. The molecule has 1 rings (SSSR count). The molecule has 0 aliphatic carbocycles. The SMILES string of the molecule is COC(=O)N(C)CC(=O)N[C@@H](C)c1cccs1. The Kier molecular flexibility index (Phi) is 4.96. The summed E-state index contributed by atoms with van der Waals surface area (Å²) < 4.78 is 4.50. The van der Waals surface area contributed by atoms with Crippen LogP contribution in [0.5, 0.6) is 0 Å². The van der Waals surface area contributed by atoms with Gasteiger partial charge in [-0.15, -0.1) is 11.3 Å². The standard InChI is InChI=1S/C11H16N2O3S/c1-8(9-5-4-6-17-9)12-10(14)7-13(2)11(15)16-3/h4-6,8H,7H2,1-3H3,(H,12,14)/t8-/m0/s1. The molecule has 2 amide bonds. The maximum atomic E-state index is 11.6. The average Bonchev–Trinajstić information content (AvgIpc) is 2.80. The number of thiophene rings is 1. The Labute approximate surface area is 104 Å². The first-order valence-electron chi connectivity index (χ1n) is 5.16. The Morgan fingerprint density at radius 2 is 2.29 bits per heavy atom. The molecular formula is C11H16N2O3S. The third-order valence-corrected chi connectivity index (χ3v) is 3.27. The van der Waals surface area contributed by atoms with Crippen molar-refractivity contribution in [1.82, 2.24) is 10.2 Å². The molecule has 5 nitrogen and oxygen atoms in total. The smallest absolute Gasteiger partial charge is 0.409 e. The van der Waals surface area contributed by atoms with Crippen LogP contribution in [0.2, 0.25) is 0 Å². The first-order valence-corrected chi connectivity index (χ1v) is 6.04. The van der Waals surface area contributed by atoms with Gasteiger partial charge in [-0.1, -0.05) is 6.07 Å². The summed E-state index contributed by atoms with van der Waals surface area (Å²) in [5.74, 6) is -0.209. The summed E-state index contributed by atoms with van der Waals surface area (Å²) in [6.45, 7) is 1.89. The summed E-state index contributed by atoms with van der Waals surface area (Å²) in [5.41, 5.74) is 0. The van der Waals surface area contributed by atoms with Gasteiger partial charge >= 0.3 is 6.09 Å². The van der Waals surface area contributed by atoms with Gasteiger partial charge in [0.1, 0.15) is 6.54 Å². The second kappa shape index (κ2) is 6.24. The number of hydrogen-bond donors (Lipinski definition) is 1. The zero-order valence-electron chi connectivity index (χ0n) is 10.1. The van der Waals surface area contributed by atoms with E-state index in [1.54, 1.807) is 11.3 Å². The van der Waals surface area contributed by atoms with E-state index in [1.807, 2.05) is 24.4 Å². The summed E-state index contributed by atoms with van der Waals surface area (Å²) in [4.78, 5) is 25.0. The predicted molar refractivity (Wildman–Crippen MR) is 65.9 cm³/mol. The Hall–Kier alpha value is -1.56. The summed E-state index contributed by atoms with van der Waals surface area (Å²) in [6, 6.07) is 3.84. The first kappa shape index (κ1) is 13.5. The van der Waals surface area contributed by atoms with Crippen LogP contribution in [0.4, 0.5) is 4.79 Å². The molecule has 1 N–H and O–H groups in total. The molecule has 0 unspecified atom stereocenters. The van der Waals surface area contributed by atoms with E-state index in [-0.39, 0.29) is 18.5 Å². The van der Waals surface area contributed by atoms with Crippen LogP contribution < -0.4 is 5.32 Å². The number of carbonyl (C=O) groups excluding carboxylic acids is 2. The van der Waals surface area contributed by atoms with Crippen molar-refractivity contribution in [3.8, 4) is 0 Å². The van der Waals surface area contributed by atoms with Crippen LogP contribution in [0, 0.1) is 0 Å². The van der Waals surface area contributed by atoms with Gasteiger partial charge in [-0.25, -0.2) is 4.79 Å². The molecule has 0 saturated carbocycles. The molecular weight excluding hydrogens is 240 g/mol. The van der Waals surface area contributed by atoms with E-state index >= 15 is 0 Å². The topological polar surface area (TPSA) is 58.6 Å². The maximum absolute atomic E-state index is 11.6. The molecule has 0 aromatic carbocycles. The zero-order valence-corrected chi connectivity index (χ0v) is 10.9. The van der Waals surface area contributed by atoms with Gasteiger partial charge in [0.05, 0.1) is 13.2 Å². The molecule has 6 heteroatoms. The van der Waals surface area contributed by atoms with Crippen LogP contribution >= 0.6 is 11.3 Å². The van der Waals surface area contributed by atoms with Crippen LogP contribution in [0.3, 0.4) is 0 Å². The van der Waals surface area contributed by atoms with Crippen molar-refractivity contribution < 1.29 is 14.3 Å². The Bertz CT molecular complexity index is 378. The molecule has 94 valence electrons. The number of nitrogens with zero attached hydrogens (tertiary/aromatic N) is 1. The highest BCUT2D eigenvalue weighted by molar-refractivity contribution is 7.10. The minimum absolute atomic E-state index is 0.0115. The Balaban J connectivity index is 2.42. The maximum Gasteiger partial charge on any atom is 0.409 e. The number of methoxy groups -OCH3 is 1. The third-order valence-electron chi connectivity index (χ3n) is 2.21. The number of likely N-dealkylation sites (N-methyl/N-ethyl adjacent to an activating group) is 1. The molecule has 0 saturated heterocycles. The normalized spacial score (nSPS) is 11.7. The van der Waals surface area contributed by atoms with E-state index in [1.165, 1.54) is 19.1 Å². The molecule has 0 aliphatic rings. The van der Waals surface area contributed by atoms with Gasteiger partial charge in [-0.05, 0) is 18.4 Å². The second-order valence-corrected chi connectivity index (χ2v) is 4.61. The molecule has 1 atom stereocenters. The monoisotopic (exact) mass is 256 g/mol. The lowest BCUT2D eigenvalue weighted by molar-refractivity contribution is -0.122. The van der Waals surface area contributed by atoms with Crippen LogP contribution in [-0.2, 0) is 9.53 Å². The highest BCUT2D eigenvalue weighted by Crippen LogP contribution is 2.17. The van der Waals surface area contributed by atoms with Crippen molar-refractivity contribution in [3.63, 3.8) is 0 Å². The van der Waals surface area contributed by atoms with Crippen molar-refractivity contribution >= 4 is 23.3 Å². The van der Waals surface area contributed by atoms with Crippen LogP contribution in [-0.4, -0.2) is 37.6 Å². The zero-order chi connectivity index (χ0) is 12.8. The fraction of sp³-hybridized carbons (Fsp3) is 0.455. The van der Waals surface area contributed by atoms with Crippen molar-refractivity contribution in [2.24, 2.45) is 0 Å². The van der Waals surface area contributed by atoms with E-state index in [4.69, 9.17) is 0 Å². The number of carbonyl (C=O) groups is 2. The summed E-state index contributed by atoms with van der Waals surface area (Å²) >= 11 is 1.58. The number of ether oxygens (including phenoxy) is 1. The van der Waals surface area contributed by atoms with Crippen molar-refractivity contribution in [2.45, 2.75) is 13.0 Å². The molecule has 0 bridgehead atoms. The fourth-order valence-corrected chi connectivity index (χ4v) is 2.07. The largest absolute Gasteiger partial charge is 0.453 e. The van der Waals surface area contributed by atoms with Gasteiger partial charge in [0.15, 0.2) is 0 Å². The highest BCUT2D eigenvalue weighted by atomic mass is 32.1. The molecule has 0 fully saturated rings. The third kappa shape index (κ3) is 4.07. The molecule has 1 heterocycles. The fourth-order valence-electron chi connectivity index (χ4n) is 1.33. The number of nitrogens with one attached hydrogen (secondary N) is 1. The van der Waals surface area contributed by atoms with Crippen molar-refractivity contribution in [1.29, 1.82) is 0 Å². The van der Waals surface area contributed by atoms with E-state index in [0.29, 0.717) is 0 Å². The number of amides is 2. The second-order valence-electron chi connectivity index (χ2n) is 3.63. The highest BCUT2D eigenvalue weighted by Gasteiger charge is 2.15. The molecule has 1 aromatic rings. The minimum Gasteiger partial charge on any atom is -0.453 e. The lowest BCUT2D eigenvalue weighted by Crippen LogP contribution is -2.39. The van der Waals surface area contributed by atoms with Gasteiger partial charge < -0.3 is 15.0 Å². The number of rotatable bonds is 4. The Morgan fingerprint density at radius 1 is 1.59 bits per heavy atom. The van der Waals surface area contributed by atoms with Crippen molar-refractivity contribution in [3.05, 3.63) is 22.4 Å². The van der Waals surface area contributed by atoms with Crippen molar-refractivity contribution in [2.75, 3.05) is 20.7 Å². The molecule has 17 heavy (non-hydrogen) atoms. The van der Waals surface area contributed by atoms with Gasteiger partial charge in [-0.3, -0.25) is 4.79 Å². The van der Waals surface area contributed by atoms with E-state index in [0.717, 1.165) is 4.88 Å². The summed E-state index contributed by atoms with van der Waals surface area (Å²) in [6.07, 6.45) is -0.524. The summed E-state index contributed by atoms with van der Waals surface area (Å²) in [5, 5.41) is 4.77. The first-order chi connectivity index (χ1) is 8.04. The van der Waals surface area contributed by atoms with Gasteiger partial charge in [0, 0.05) is 11.9 Å². The number of hydrogen-bond acceptors (Lipinski definition) is 4. The molecule has 0 aliphatic heterocycles. The van der Waals surface area contributed by atoms with E-state index in [9.17, 15) is 9.59 Å². The van der Waals surface area contributed by atoms with Crippen LogP contribution in [0.1, 0.15) is 17.8 Å². The quantitative estimate of drug-likeness (QED) is 0.890. The van der Waals surface area contributed by atoms with Gasteiger partial charge in [-0.2, -0.15) is 0 Å². The summed E-state index contributed by atoms with van der Waals surface area (Å²) in [7, 11) is 2.80. The van der Waals surface area contributed by atoms with Crippen LogP contribution in [0.25, 0.3) is 0 Å². The molecule has 0 radical (unpaired) electrons. The lowest BCUT2D eigenvalue weighted by Gasteiger charge is -2.17. The average molecular weight is 256 g/mol. The predicted octanol–water partition coefficient (Wildman–Crippen LogP) is 1.62. The molecule has 0 spiro atoms. The van der Waals surface area contributed by atoms with Gasteiger partial charge in [0.25, 0.3) is 0 Å².